The van der Waals surface area contributed by atoms with Crippen molar-refractivity contribution in [3.8, 4) is 5.75 Å². The number of hydrogen-bond donors (Lipinski definition) is 1. The molecule has 0 radical (unpaired) electrons. The van der Waals surface area contributed by atoms with Gasteiger partial charge in [-0.05, 0) is 31.9 Å². The molecule has 1 amide bonds. The minimum Gasteiger partial charge on any atom is -0.488 e. The molecule has 9 heteroatoms. The molecule has 2 aromatic heterocycles. The molecular formula is C15H18N4O4S. The molecule has 1 unspecified atom stereocenters. The number of rotatable bonds is 6. The van der Waals surface area contributed by atoms with Crippen LogP contribution in [-0.2, 0) is 16.1 Å². The normalized spacial score (nSPS) is 17.0. The number of amides is 1. The van der Waals surface area contributed by atoms with E-state index in [2.05, 4.69) is 15.5 Å². The van der Waals surface area contributed by atoms with Gasteiger partial charge in [-0.15, -0.1) is 10.2 Å². The largest absolute Gasteiger partial charge is 0.488 e. The van der Waals surface area contributed by atoms with Crippen LogP contribution in [0.2, 0.25) is 0 Å². The molecule has 3 heterocycles. The van der Waals surface area contributed by atoms with Gasteiger partial charge in [0.15, 0.2) is 5.75 Å². The summed E-state index contributed by atoms with van der Waals surface area (Å²) >= 11 is 1.29. The second-order valence-electron chi connectivity index (χ2n) is 5.23. The lowest BCUT2D eigenvalue weighted by molar-refractivity contribution is -0.116. The lowest BCUT2D eigenvalue weighted by Crippen LogP contribution is -2.27. The van der Waals surface area contributed by atoms with Crippen LogP contribution >= 0.6 is 11.3 Å². The van der Waals surface area contributed by atoms with Gasteiger partial charge in [-0.2, -0.15) is 0 Å². The Hall–Kier alpha value is -2.26. The fourth-order valence-corrected chi connectivity index (χ4v) is 3.25. The van der Waals surface area contributed by atoms with E-state index in [1.165, 1.54) is 15.9 Å². The van der Waals surface area contributed by atoms with Crippen molar-refractivity contribution in [1.29, 1.82) is 0 Å². The molecule has 3 rings (SSSR count). The molecule has 1 saturated heterocycles. The minimum atomic E-state index is -0.346. The maximum absolute atomic E-state index is 12.1. The van der Waals surface area contributed by atoms with E-state index in [1.54, 1.807) is 25.3 Å². The van der Waals surface area contributed by atoms with E-state index in [0.29, 0.717) is 11.7 Å². The number of anilines is 1. The number of hydrogen-bond acceptors (Lipinski definition) is 7. The zero-order chi connectivity index (χ0) is 16.9. The summed E-state index contributed by atoms with van der Waals surface area (Å²) < 4.78 is 12.1. The van der Waals surface area contributed by atoms with Crippen molar-refractivity contribution >= 4 is 22.4 Å². The Labute approximate surface area is 142 Å². The first-order valence-corrected chi connectivity index (χ1v) is 8.56. The van der Waals surface area contributed by atoms with Gasteiger partial charge in [0.25, 0.3) is 5.56 Å². The number of nitrogens with zero attached hydrogens (tertiary/aromatic N) is 3. The van der Waals surface area contributed by atoms with E-state index in [0.717, 1.165) is 24.5 Å². The zero-order valence-corrected chi connectivity index (χ0v) is 14.0. The van der Waals surface area contributed by atoms with E-state index in [1.807, 2.05) is 0 Å². The van der Waals surface area contributed by atoms with Gasteiger partial charge in [-0.25, -0.2) is 0 Å². The maximum Gasteiger partial charge on any atom is 0.293 e. The summed E-state index contributed by atoms with van der Waals surface area (Å²) in [6.45, 7) is 2.80. The third kappa shape index (κ3) is 3.80. The first-order chi connectivity index (χ1) is 11.7. The highest BCUT2D eigenvalue weighted by atomic mass is 32.1. The standard InChI is InChI=1S/C15H18N4O4S/c1-2-22-11-5-3-7-19(14(11)21)9-12(20)16-15-18-17-13(24-15)10-6-4-8-23-10/h3,5,7,10H,2,4,6,8-9H2,1H3,(H,16,18,20). The van der Waals surface area contributed by atoms with Crippen molar-refractivity contribution < 1.29 is 14.3 Å². The summed E-state index contributed by atoms with van der Waals surface area (Å²) in [5, 5.41) is 11.8. The van der Waals surface area contributed by atoms with Crippen molar-refractivity contribution in [1.82, 2.24) is 14.8 Å². The van der Waals surface area contributed by atoms with Gasteiger partial charge in [0.2, 0.25) is 11.0 Å². The number of aromatic nitrogens is 3. The molecule has 2 aromatic rings. The molecule has 128 valence electrons. The Balaban J connectivity index is 1.63. The quantitative estimate of drug-likeness (QED) is 0.850. The second kappa shape index (κ2) is 7.54. The maximum atomic E-state index is 12.1. The van der Waals surface area contributed by atoms with Crippen LogP contribution in [0, 0.1) is 0 Å². The number of ether oxygens (including phenoxy) is 2. The summed E-state index contributed by atoms with van der Waals surface area (Å²) in [7, 11) is 0. The second-order valence-corrected chi connectivity index (χ2v) is 6.24. The summed E-state index contributed by atoms with van der Waals surface area (Å²) in [5.41, 5.74) is -0.341. The molecule has 0 saturated carbocycles. The average molecular weight is 350 g/mol. The highest BCUT2D eigenvalue weighted by molar-refractivity contribution is 7.15. The van der Waals surface area contributed by atoms with Crippen LogP contribution in [0.1, 0.15) is 30.9 Å². The fraction of sp³-hybridized carbons (Fsp3) is 0.467. The SMILES string of the molecule is CCOc1cccn(CC(=O)Nc2nnc(C3CCCO3)s2)c1=O. The van der Waals surface area contributed by atoms with Crippen LogP contribution in [0.3, 0.4) is 0 Å². The Kier molecular flexibility index (Phi) is 5.21. The summed E-state index contributed by atoms with van der Waals surface area (Å²) in [6.07, 6.45) is 3.44. The van der Waals surface area contributed by atoms with Gasteiger partial charge >= 0.3 is 0 Å². The van der Waals surface area contributed by atoms with Crippen molar-refractivity contribution in [2.45, 2.75) is 32.4 Å². The van der Waals surface area contributed by atoms with Crippen molar-refractivity contribution in [3.63, 3.8) is 0 Å². The van der Waals surface area contributed by atoms with Crippen molar-refractivity contribution in [3.05, 3.63) is 33.7 Å². The van der Waals surface area contributed by atoms with E-state index >= 15 is 0 Å². The lowest BCUT2D eigenvalue weighted by atomic mass is 10.2. The topological polar surface area (TPSA) is 95.3 Å². The molecule has 0 bridgehead atoms. The van der Waals surface area contributed by atoms with Gasteiger partial charge in [-0.1, -0.05) is 11.3 Å². The van der Waals surface area contributed by atoms with Gasteiger partial charge in [0.05, 0.1) is 6.61 Å². The fourth-order valence-electron chi connectivity index (χ4n) is 2.41. The van der Waals surface area contributed by atoms with Gasteiger partial charge in [0, 0.05) is 12.8 Å². The molecule has 1 atom stereocenters. The lowest BCUT2D eigenvalue weighted by Gasteiger charge is -2.07. The predicted molar refractivity (Wildman–Crippen MR) is 88.3 cm³/mol. The Bertz CT molecular complexity index is 767. The van der Waals surface area contributed by atoms with Crippen LogP contribution < -0.4 is 15.6 Å². The Morgan fingerprint density at radius 1 is 1.54 bits per heavy atom. The molecular weight excluding hydrogens is 332 g/mol. The van der Waals surface area contributed by atoms with Gasteiger partial charge in [-0.3, -0.25) is 14.9 Å². The van der Waals surface area contributed by atoms with Gasteiger partial charge in [0.1, 0.15) is 17.7 Å². The Morgan fingerprint density at radius 3 is 3.17 bits per heavy atom. The number of carbonyl (C=O) groups is 1. The molecule has 0 aromatic carbocycles. The smallest absolute Gasteiger partial charge is 0.293 e. The van der Waals surface area contributed by atoms with Crippen LogP contribution in [0.4, 0.5) is 5.13 Å². The summed E-state index contributed by atoms with van der Waals surface area (Å²) in [6, 6.07) is 3.25. The zero-order valence-electron chi connectivity index (χ0n) is 13.2. The molecule has 0 aliphatic carbocycles. The van der Waals surface area contributed by atoms with E-state index in [9.17, 15) is 9.59 Å². The third-order valence-corrected chi connectivity index (χ3v) is 4.42. The van der Waals surface area contributed by atoms with Crippen LogP contribution in [0.5, 0.6) is 5.75 Å². The molecule has 1 N–H and O–H groups in total. The molecule has 8 nitrogen and oxygen atoms in total. The summed E-state index contributed by atoms with van der Waals surface area (Å²) in [4.78, 5) is 24.3. The van der Waals surface area contributed by atoms with Crippen LogP contribution in [0.25, 0.3) is 0 Å². The molecule has 1 aliphatic rings. The van der Waals surface area contributed by atoms with E-state index in [-0.39, 0.29) is 29.9 Å². The van der Waals surface area contributed by atoms with Crippen LogP contribution in [-0.4, -0.2) is 33.9 Å². The van der Waals surface area contributed by atoms with Gasteiger partial charge < -0.3 is 14.0 Å². The summed E-state index contributed by atoms with van der Waals surface area (Å²) in [5.74, 6) is -0.120. The molecule has 1 aliphatic heterocycles. The van der Waals surface area contributed by atoms with Crippen molar-refractivity contribution in [2.75, 3.05) is 18.5 Å². The van der Waals surface area contributed by atoms with E-state index < -0.39 is 0 Å². The van der Waals surface area contributed by atoms with Crippen molar-refractivity contribution in [2.24, 2.45) is 0 Å². The van der Waals surface area contributed by atoms with E-state index in [4.69, 9.17) is 9.47 Å². The number of nitrogens with one attached hydrogen (secondary N) is 1. The molecule has 24 heavy (non-hydrogen) atoms. The number of pyridine rings is 1. The molecule has 1 fully saturated rings. The third-order valence-electron chi connectivity index (χ3n) is 3.49. The monoisotopic (exact) mass is 350 g/mol. The average Bonchev–Trinajstić information content (AvgIpc) is 3.22. The minimum absolute atomic E-state index is 0.0290. The first kappa shape index (κ1) is 16.6. The first-order valence-electron chi connectivity index (χ1n) is 7.74. The highest BCUT2D eigenvalue weighted by Gasteiger charge is 2.22. The van der Waals surface area contributed by atoms with Crippen LogP contribution in [0.15, 0.2) is 23.1 Å². The Morgan fingerprint density at radius 2 is 2.42 bits per heavy atom. The highest BCUT2D eigenvalue weighted by Crippen LogP contribution is 2.31. The predicted octanol–water partition coefficient (Wildman–Crippen LogP) is 1.59. The number of carbonyl (C=O) groups excluding carboxylic acids is 1. The molecule has 0 spiro atoms.